The van der Waals surface area contributed by atoms with Crippen molar-refractivity contribution in [2.24, 2.45) is 0 Å². The molecule has 1 fully saturated rings. The highest BCUT2D eigenvalue weighted by Crippen LogP contribution is 2.30. The molecule has 31 heavy (non-hydrogen) atoms. The summed E-state index contributed by atoms with van der Waals surface area (Å²) >= 11 is 0. The first-order valence-electron chi connectivity index (χ1n) is 9.83. The molecule has 1 saturated heterocycles. The van der Waals surface area contributed by atoms with Crippen LogP contribution >= 0.6 is 0 Å². The fraction of sp³-hybridized carbons (Fsp3) is 0.381. The highest BCUT2D eigenvalue weighted by atomic mass is 19.4. The highest BCUT2D eigenvalue weighted by molar-refractivity contribution is 6.21. The molecular formula is C21H21F3N4O3. The van der Waals surface area contributed by atoms with Crippen LogP contribution in [0, 0.1) is 0 Å². The lowest BCUT2D eigenvalue weighted by Gasteiger charge is -2.35. The molecule has 7 nitrogen and oxygen atoms in total. The van der Waals surface area contributed by atoms with E-state index in [0.717, 1.165) is 12.3 Å². The Kier molecular flexibility index (Phi) is 5.57. The maximum absolute atomic E-state index is 12.7. The number of alkyl halides is 3. The number of rotatable bonds is 5. The Labute approximate surface area is 176 Å². The number of halogens is 3. The zero-order valence-corrected chi connectivity index (χ0v) is 16.8. The highest BCUT2D eigenvalue weighted by Gasteiger charge is 2.36. The van der Waals surface area contributed by atoms with Gasteiger partial charge in [0.1, 0.15) is 11.6 Å². The lowest BCUT2D eigenvalue weighted by Crippen LogP contribution is -2.52. The summed E-state index contributed by atoms with van der Waals surface area (Å²) in [6, 6.07) is 7.13. The van der Waals surface area contributed by atoms with Gasteiger partial charge in [-0.1, -0.05) is 0 Å². The number of pyridine rings is 1. The third-order valence-corrected chi connectivity index (χ3v) is 5.53. The number of fused-ring (bicyclic) bond motifs is 1. The molecule has 164 valence electrons. The summed E-state index contributed by atoms with van der Waals surface area (Å²) in [6.07, 6.45) is -3.08. The fourth-order valence-electron chi connectivity index (χ4n) is 3.85. The molecule has 1 aromatic heterocycles. The van der Waals surface area contributed by atoms with Gasteiger partial charge in [0, 0.05) is 38.4 Å². The summed E-state index contributed by atoms with van der Waals surface area (Å²) < 4.78 is 43.4. The van der Waals surface area contributed by atoms with Crippen LogP contribution in [0.3, 0.4) is 0 Å². The predicted octanol–water partition coefficient (Wildman–Crippen LogP) is 2.57. The number of anilines is 1. The average molecular weight is 434 g/mol. The molecule has 1 N–H and O–H groups in total. The zero-order chi connectivity index (χ0) is 22.2. The van der Waals surface area contributed by atoms with E-state index in [1.165, 1.54) is 18.1 Å². The van der Waals surface area contributed by atoms with Crippen molar-refractivity contribution >= 4 is 17.6 Å². The van der Waals surface area contributed by atoms with Crippen molar-refractivity contribution in [3.8, 4) is 5.75 Å². The predicted molar refractivity (Wildman–Crippen MR) is 106 cm³/mol. The van der Waals surface area contributed by atoms with Crippen molar-refractivity contribution < 1.29 is 27.5 Å². The SMILES string of the molecule is COc1ccc2c(c1)C(=O)N(CCC1CN(c3ccc(C(F)(F)F)cn3)CCN1)C2=O. The van der Waals surface area contributed by atoms with E-state index in [1.807, 2.05) is 4.90 Å². The largest absolute Gasteiger partial charge is 0.497 e. The molecule has 0 radical (unpaired) electrons. The van der Waals surface area contributed by atoms with Gasteiger partial charge in [-0.05, 0) is 36.8 Å². The van der Waals surface area contributed by atoms with Crippen LogP contribution in [0.25, 0.3) is 0 Å². The van der Waals surface area contributed by atoms with Crippen molar-refractivity contribution in [1.82, 2.24) is 15.2 Å². The van der Waals surface area contributed by atoms with Gasteiger partial charge in [0.25, 0.3) is 11.8 Å². The Bertz CT molecular complexity index is 994. The number of hydrogen-bond acceptors (Lipinski definition) is 6. The first-order valence-corrected chi connectivity index (χ1v) is 9.83. The van der Waals surface area contributed by atoms with Crippen molar-refractivity contribution in [2.45, 2.75) is 18.6 Å². The van der Waals surface area contributed by atoms with Crippen molar-refractivity contribution in [2.75, 3.05) is 38.2 Å². The number of ether oxygens (including phenoxy) is 1. The van der Waals surface area contributed by atoms with Gasteiger partial charge in [-0.15, -0.1) is 0 Å². The summed E-state index contributed by atoms with van der Waals surface area (Å²) in [6.45, 7) is 1.96. The van der Waals surface area contributed by atoms with Gasteiger partial charge in [0.05, 0.1) is 23.8 Å². The number of hydrogen-bond donors (Lipinski definition) is 1. The molecule has 2 aromatic rings. The second-order valence-electron chi connectivity index (χ2n) is 7.46. The monoisotopic (exact) mass is 434 g/mol. The number of amides is 2. The van der Waals surface area contributed by atoms with Crippen LogP contribution in [0.15, 0.2) is 36.5 Å². The Balaban J connectivity index is 1.38. The molecule has 0 spiro atoms. The van der Waals surface area contributed by atoms with Gasteiger partial charge < -0.3 is 15.0 Å². The number of aromatic nitrogens is 1. The van der Waals surface area contributed by atoms with Crippen molar-refractivity contribution in [3.63, 3.8) is 0 Å². The first-order chi connectivity index (χ1) is 14.8. The van der Waals surface area contributed by atoms with Gasteiger partial charge in [0.15, 0.2) is 0 Å². The third-order valence-electron chi connectivity index (χ3n) is 5.53. The van der Waals surface area contributed by atoms with E-state index in [2.05, 4.69) is 10.3 Å². The minimum atomic E-state index is -4.42. The molecule has 1 atom stereocenters. The van der Waals surface area contributed by atoms with Crippen LogP contribution in [0.4, 0.5) is 19.0 Å². The number of carbonyl (C=O) groups excluding carboxylic acids is 2. The number of carbonyl (C=O) groups is 2. The van der Waals surface area contributed by atoms with Crippen LogP contribution in [-0.4, -0.2) is 61.0 Å². The normalized spacial score (nSPS) is 19.0. The maximum atomic E-state index is 12.7. The van der Waals surface area contributed by atoms with E-state index in [4.69, 9.17) is 4.74 Å². The molecule has 0 bridgehead atoms. The third kappa shape index (κ3) is 4.20. The van der Waals surface area contributed by atoms with Crippen LogP contribution in [0.2, 0.25) is 0 Å². The molecular weight excluding hydrogens is 413 g/mol. The Morgan fingerprint density at radius 1 is 1.16 bits per heavy atom. The second kappa shape index (κ2) is 8.18. The quantitative estimate of drug-likeness (QED) is 0.730. The van der Waals surface area contributed by atoms with E-state index in [9.17, 15) is 22.8 Å². The van der Waals surface area contributed by atoms with E-state index in [-0.39, 0.29) is 24.4 Å². The maximum Gasteiger partial charge on any atom is 0.417 e. The van der Waals surface area contributed by atoms with Crippen molar-refractivity contribution in [3.05, 3.63) is 53.2 Å². The Hall–Kier alpha value is -3.14. The number of methoxy groups -OCH3 is 1. The molecule has 0 saturated carbocycles. The summed E-state index contributed by atoms with van der Waals surface area (Å²) in [4.78, 5) is 32.4. The van der Waals surface area contributed by atoms with E-state index in [1.54, 1.807) is 18.2 Å². The van der Waals surface area contributed by atoms with Gasteiger partial charge in [0.2, 0.25) is 0 Å². The molecule has 10 heteroatoms. The minimum Gasteiger partial charge on any atom is -0.497 e. The summed E-state index contributed by atoms with van der Waals surface area (Å²) in [5, 5.41) is 3.33. The summed E-state index contributed by atoms with van der Waals surface area (Å²) in [7, 11) is 1.49. The van der Waals surface area contributed by atoms with Crippen LogP contribution in [-0.2, 0) is 6.18 Å². The van der Waals surface area contributed by atoms with Gasteiger partial charge >= 0.3 is 6.18 Å². The molecule has 2 aliphatic heterocycles. The van der Waals surface area contributed by atoms with Crippen LogP contribution < -0.4 is 15.0 Å². The number of benzene rings is 1. The fourth-order valence-corrected chi connectivity index (χ4v) is 3.85. The van der Waals surface area contributed by atoms with Gasteiger partial charge in [-0.2, -0.15) is 13.2 Å². The van der Waals surface area contributed by atoms with E-state index in [0.29, 0.717) is 48.7 Å². The van der Waals surface area contributed by atoms with E-state index >= 15 is 0 Å². The van der Waals surface area contributed by atoms with Crippen molar-refractivity contribution in [1.29, 1.82) is 0 Å². The molecule has 3 heterocycles. The van der Waals surface area contributed by atoms with Gasteiger partial charge in [-0.25, -0.2) is 4.98 Å². The molecule has 2 aliphatic rings. The van der Waals surface area contributed by atoms with Crippen LogP contribution in [0.1, 0.15) is 32.7 Å². The standard InChI is InChI=1S/C21H21F3N4O3/c1-31-15-3-4-16-17(10-15)20(30)28(19(16)29)8-6-14-12-27(9-7-25-14)18-5-2-13(11-26-18)21(22,23)24/h2-5,10-11,14,25H,6-9,12H2,1H3. The topological polar surface area (TPSA) is 74.8 Å². The van der Waals surface area contributed by atoms with Crippen LogP contribution in [0.5, 0.6) is 5.75 Å². The summed E-state index contributed by atoms with van der Waals surface area (Å²) in [5.74, 6) is 0.290. The molecule has 4 rings (SSSR count). The lowest BCUT2D eigenvalue weighted by atomic mass is 10.1. The molecule has 1 aromatic carbocycles. The average Bonchev–Trinajstić information content (AvgIpc) is 3.01. The smallest absolute Gasteiger partial charge is 0.417 e. The zero-order valence-electron chi connectivity index (χ0n) is 16.8. The lowest BCUT2D eigenvalue weighted by molar-refractivity contribution is -0.137. The number of nitrogens with zero attached hydrogens (tertiary/aromatic N) is 3. The minimum absolute atomic E-state index is 0.0447. The summed E-state index contributed by atoms with van der Waals surface area (Å²) in [5.41, 5.74) is -0.0975. The number of imide groups is 1. The van der Waals surface area contributed by atoms with Gasteiger partial charge in [-0.3, -0.25) is 14.5 Å². The van der Waals surface area contributed by atoms with E-state index < -0.39 is 11.7 Å². The Morgan fingerprint density at radius 2 is 1.94 bits per heavy atom. The second-order valence-corrected chi connectivity index (χ2v) is 7.46. The molecule has 2 amide bonds. The first kappa shape index (κ1) is 21.1. The molecule has 0 aliphatic carbocycles. The number of nitrogens with one attached hydrogen (secondary N) is 1. The number of piperazine rings is 1. The molecule has 1 unspecified atom stereocenters. The Morgan fingerprint density at radius 3 is 2.61 bits per heavy atom.